The Morgan fingerprint density at radius 2 is 2.25 bits per heavy atom. The summed E-state index contributed by atoms with van der Waals surface area (Å²) in [5, 5.41) is 1.12. The van der Waals surface area contributed by atoms with Crippen molar-refractivity contribution in [2.75, 3.05) is 19.6 Å². The minimum absolute atomic E-state index is 0.0811. The first-order chi connectivity index (χ1) is 9.50. The number of β-lactam (4-membered cyclic amide) rings is 1. The maximum Gasteiger partial charge on any atom is 0.232 e. The molecule has 2 saturated heterocycles. The summed E-state index contributed by atoms with van der Waals surface area (Å²) in [6, 6.07) is 0.340. The van der Waals surface area contributed by atoms with E-state index in [1.165, 1.54) is 4.88 Å². The van der Waals surface area contributed by atoms with E-state index in [1.807, 2.05) is 18.0 Å². The van der Waals surface area contributed by atoms with Crippen LogP contribution in [0.3, 0.4) is 0 Å². The maximum absolute atomic E-state index is 12.5. The maximum atomic E-state index is 12.5. The predicted octanol–water partition coefficient (Wildman–Crippen LogP) is 2.28. The van der Waals surface area contributed by atoms with E-state index in [0.29, 0.717) is 11.9 Å². The van der Waals surface area contributed by atoms with E-state index in [9.17, 15) is 4.79 Å². The minimum atomic E-state index is -0.0811. The molecule has 3 heterocycles. The number of piperidine rings is 1. The van der Waals surface area contributed by atoms with Crippen LogP contribution in [0.2, 0.25) is 0 Å². The summed E-state index contributed by atoms with van der Waals surface area (Å²) in [5.41, 5.74) is -0.0811. The van der Waals surface area contributed by atoms with Gasteiger partial charge in [-0.05, 0) is 40.2 Å². The Balaban J connectivity index is 1.64. The van der Waals surface area contributed by atoms with Gasteiger partial charge in [0.2, 0.25) is 5.91 Å². The fourth-order valence-electron chi connectivity index (χ4n) is 3.46. The van der Waals surface area contributed by atoms with E-state index in [0.717, 1.165) is 44.0 Å². The van der Waals surface area contributed by atoms with Crippen molar-refractivity contribution in [2.24, 2.45) is 5.41 Å². The number of carbonyl (C=O) groups excluding carboxylic acids is 1. The SMILES string of the molecule is Cc1ncc(CN2CCC[C@@]3(C2)CN(C(C)C)C3=O)s1. The molecule has 0 unspecified atom stereocenters. The summed E-state index contributed by atoms with van der Waals surface area (Å²) in [6.07, 6.45) is 4.17. The monoisotopic (exact) mass is 293 g/mol. The van der Waals surface area contributed by atoms with Crippen LogP contribution in [-0.2, 0) is 11.3 Å². The van der Waals surface area contributed by atoms with E-state index in [-0.39, 0.29) is 5.41 Å². The first kappa shape index (κ1) is 14.0. The van der Waals surface area contributed by atoms with E-state index >= 15 is 0 Å². The highest BCUT2D eigenvalue weighted by Crippen LogP contribution is 2.41. The molecule has 1 atom stereocenters. The van der Waals surface area contributed by atoms with Crippen LogP contribution in [0.25, 0.3) is 0 Å². The third kappa shape index (κ3) is 2.37. The molecule has 0 bridgehead atoms. The van der Waals surface area contributed by atoms with Gasteiger partial charge in [-0.3, -0.25) is 9.69 Å². The molecule has 2 aliphatic rings. The van der Waals surface area contributed by atoms with Gasteiger partial charge in [-0.1, -0.05) is 0 Å². The van der Waals surface area contributed by atoms with Gasteiger partial charge in [-0.15, -0.1) is 11.3 Å². The summed E-state index contributed by atoms with van der Waals surface area (Å²) in [4.78, 5) is 22.6. The Hall–Kier alpha value is -0.940. The Bertz CT molecular complexity index is 513. The van der Waals surface area contributed by atoms with Crippen LogP contribution in [0.15, 0.2) is 6.20 Å². The molecular weight excluding hydrogens is 270 g/mol. The second-order valence-corrected chi connectivity index (χ2v) is 7.79. The average Bonchev–Trinajstić information content (AvgIpc) is 2.81. The molecule has 1 aromatic heterocycles. The van der Waals surface area contributed by atoms with E-state index in [1.54, 1.807) is 11.3 Å². The van der Waals surface area contributed by atoms with Crippen LogP contribution in [0, 0.1) is 12.3 Å². The number of aryl methyl sites for hydroxylation is 1. The molecule has 1 aromatic rings. The number of carbonyl (C=O) groups is 1. The molecule has 110 valence electrons. The van der Waals surface area contributed by atoms with Crippen LogP contribution in [0.1, 0.15) is 36.6 Å². The third-order valence-electron chi connectivity index (χ3n) is 4.52. The molecule has 0 saturated carbocycles. The van der Waals surface area contributed by atoms with Gasteiger partial charge in [0.1, 0.15) is 0 Å². The van der Waals surface area contributed by atoms with Crippen molar-refractivity contribution in [2.45, 2.75) is 46.2 Å². The van der Waals surface area contributed by atoms with Crippen LogP contribution >= 0.6 is 11.3 Å². The van der Waals surface area contributed by atoms with Crippen LogP contribution in [-0.4, -0.2) is 46.4 Å². The number of thiazole rings is 1. The summed E-state index contributed by atoms with van der Waals surface area (Å²) < 4.78 is 0. The Kier molecular flexibility index (Phi) is 3.58. The number of hydrogen-bond donors (Lipinski definition) is 0. The zero-order valence-corrected chi connectivity index (χ0v) is 13.4. The van der Waals surface area contributed by atoms with Crippen LogP contribution < -0.4 is 0 Å². The van der Waals surface area contributed by atoms with Gasteiger partial charge in [0.05, 0.1) is 10.4 Å². The van der Waals surface area contributed by atoms with Gasteiger partial charge in [0, 0.05) is 36.8 Å². The molecule has 2 fully saturated rings. The highest BCUT2D eigenvalue weighted by atomic mass is 32.1. The van der Waals surface area contributed by atoms with Crippen LogP contribution in [0.5, 0.6) is 0 Å². The van der Waals surface area contributed by atoms with Crippen molar-refractivity contribution in [1.82, 2.24) is 14.8 Å². The molecule has 1 amide bonds. The Labute approximate surface area is 124 Å². The van der Waals surface area contributed by atoms with Crippen molar-refractivity contribution < 1.29 is 4.79 Å². The lowest BCUT2D eigenvalue weighted by molar-refractivity contribution is -0.169. The quantitative estimate of drug-likeness (QED) is 0.802. The lowest BCUT2D eigenvalue weighted by Crippen LogP contribution is -2.68. The molecule has 5 heteroatoms. The second kappa shape index (κ2) is 5.11. The first-order valence-electron chi connectivity index (χ1n) is 7.45. The largest absolute Gasteiger partial charge is 0.339 e. The van der Waals surface area contributed by atoms with Crippen molar-refractivity contribution in [3.8, 4) is 0 Å². The van der Waals surface area contributed by atoms with Gasteiger partial charge in [0.15, 0.2) is 0 Å². The summed E-state index contributed by atoms with van der Waals surface area (Å²) in [7, 11) is 0. The molecule has 0 radical (unpaired) electrons. The van der Waals surface area contributed by atoms with Gasteiger partial charge >= 0.3 is 0 Å². The zero-order valence-electron chi connectivity index (χ0n) is 12.6. The summed E-state index contributed by atoms with van der Waals surface area (Å²) in [5.74, 6) is 0.373. The molecular formula is C15H23N3OS. The molecule has 0 aromatic carbocycles. The zero-order chi connectivity index (χ0) is 14.3. The topological polar surface area (TPSA) is 36.4 Å². The summed E-state index contributed by atoms with van der Waals surface area (Å²) in [6.45, 7) is 10.2. The van der Waals surface area contributed by atoms with E-state index in [2.05, 4.69) is 23.7 Å². The predicted molar refractivity (Wildman–Crippen MR) is 80.6 cm³/mol. The van der Waals surface area contributed by atoms with Crippen LogP contribution in [0.4, 0.5) is 0 Å². The fourth-order valence-corrected chi connectivity index (χ4v) is 4.30. The second-order valence-electron chi connectivity index (χ2n) is 6.47. The normalized spacial score (nSPS) is 27.4. The number of aromatic nitrogens is 1. The molecule has 0 N–H and O–H groups in total. The Morgan fingerprint density at radius 1 is 1.45 bits per heavy atom. The lowest BCUT2D eigenvalue weighted by Gasteiger charge is -2.54. The molecule has 4 nitrogen and oxygen atoms in total. The van der Waals surface area contributed by atoms with Crippen molar-refractivity contribution >= 4 is 17.2 Å². The number of rotatable bonds is 3. The molecule has 0 aliphatic carbocycles. The van der Waals surface area contributed by atoms with Gasteiger partial charge < -0.3 is 4.90 Å². The smallest absolute Gasteiger partial charge is 0.232 e. The number of amides is 1. The van der Waals surface area contributed by atoms with Gasteiger partial charge in [-0.2, -0.15) is 0 Å². The number of likely N-dealkylation sites (tertiary alicyclic amines) is 2. The third-order valence-corrected chi connectivity index (χ3v) is 5.41. The minimum Gasteiger partial charge on any atom is -0.339 e. The van der Waals surface area contributed by atoms with Crippen molar-refractivity contribution in [3.05, 3.63) is 16.1 Å². The lowest BCUT2D eigenvalue weighted by atomic mass is 9.72. The van der Waals surface area contributed by atoms with Crippen molar-refractivity contribution in [3.63, 3.8) is 0 Å². The van der Waals surface area contributed by atoms with Gasteiger partial charge in [-0.25, -0.2) is 4.98 Å². The molecule has 20 heavy (non-hydrogen) atoms. The number of hydrogen-bond acceptors (Lipinski definition) is 4. The highest BCUT2D eigenvalue weighted by Gasteiger charge is 2.54. The molecule has 1 spiro atoms. The highest BCUT2D eigenvalue weighted by molar-refractivity contribution is 7.11. The van der Waals surface area contributed by atoms with Crippen molar-refractivity contribution in [1.29, 1.82) is 0 Å². The van der Waals surface area contributed by atoms with E-state index < -0.39 is 0 Å². The van der Waals surface area contributed by atoms with E-state index in [4.69, 9.17) is 0 Å². The first-order valence-corrected chi connectivity index (χ1v) is 8.26. The summed E-state index contributed by atoms with van der Waals surface area (Å²) >= 11 is 1.77. The fraction of sp³-hybridized carbons (Fsp3) is 0.733. The average molecular weight is 293 g/mol. The standard InChI is InChI=1S/C15H23N3OS/c1-11(2)18-10-15(14(18)19)5-4-6-17(9-15)8-13-7-16-12(3)20-13/h7,11H,4-6,8-10H2,1-3H3/t15-/m1/s1. The number of nitrogens with zero attached hydrogens (tertiary/aromatic N) is 3. The van der Waals surface area contributed by atoms with Gasteiger partial charge in [0.25, 0.3) is 0 Å². The molecule has 2 aliphatic heterocycles. The Morgan fingerprint density at radius 3 is 2.85 bits per heavy atom. The molecule has 3 rings (SSSR count).